The van der Waals surface area contributed by atoms with E-state index in [9.17, 15) is 4.79 Å². The van der Waals surface area contributed by atoms with Crippen LogP contribution < -0.4 is 11.5 Å². The summed E-state index contributed by atoms with van der Waals surface area (Å²) in [4.78, 5) is 10.5. The van der Waals surface area contributed by atoms with Crippen molar-refractivity contribution in [3.05, 3.63) is 0 Å². The molecule has 3 nitrogen and oxygen atoms in total. The third-order valence-corrected chi connectivity index (χ3v) is 3.77. The minimum absolute atomic E-state index is 0.0463. The fraction of sp³-hybridized carbons (Fsp3) is 0.857. The summed E-state index contributed by atoms with van der Waals surface area (Å²) in [7, 11) is 0. The van der Waals surface area contributed by atoms with Gasteiger partial charge in [0.1, 0.15) is 0 Å². The molecule has 11 heavy (non-hydrogen) atoms. The molecular formula is C7H14N2OS. The van der Waals surface area contributed by atoms with Gasteiger partial charge in [0.25, 0.3) is 0 Å². The number of nitrogens with two attached hydrogens (primary N) is 2. The zero-order valence-corrected chi connectivity index (χ0v) is 7.49. The number of carbonyl (C=O) groups excluding carboxylic acids is 1. The van der Waals surface area contributed by atoms with Crippen molar-refractivity contribution in [2.45, 2.75) is 30.1 Å². The van der Waals surface area contributed by atoms with E-state index in [4.69, 9.17) is 11.5 Å². The second-order valence-corrected chi connectivity index (χ2v) is 4.27. The Morgan fingerprint density at radius 3 is 2.55 bits per heavy atom. The average molecular weight is 174 g/mol. The largest absolute Gasteiger partial charge is 0.370 e. The van der Waals surface area contributed by atoms with Gasteiger partial charge in [-0.1, -0.05) is 0 Å². The molecule has 64 valence electrons. The molecule has 1 amide bonds. The first kappa shape index (κ1) is 8.87. The summed E-state index contributed by atoms with van der Waals surface area (Å²) in [5.74, 6) is -0.294. The fourth-order valence-electron chi connectivity index (χ4n) is 1.25. The monoisotopic (exact) mass is 174 g/mol. The molecule has 1 rings (SSSR count). The quantitative estimate of drug-likeness (QED) is 0.634. The van der Waals surface area contributed by atoms with Crippen molar-refractivity contribution in [3.63, 3.8) is 0 Å². The zero-order valence-electron chi connectivity index (χ0n) is 6.67. The Kier molecular flexibility index (Phi) is 2.44. The van der Waals surface area contributed by atoms with Gasteiger partial charge in [-0.25, -0.2) is 0 Å². The van der Waals surface area contributed by atoms with Gasteiger partial charge in [-0.2, -0.15) is 11.8 Å². The molecule has 0 bridgehead atoms. The summed E-state index contributed by atoms with van der Waals surface area (Å²) in [5, 5.41) is 0. The maximum atomic E-state index is 10.5. The molecular weight excluding hydrogens is 160 g/mol. The highest BCUT2D eigenvalue weighted by atomic mass is 32.2. The Hall–Kier alpha value is -0.220. The number of amides is 1. The summed E-state index contributed by atoms with van der Waals surface area (Å²) >= 11 is 1.76. The highest BCUT2D eigenvalue weighted by Gasteiger charge is 2.47. The molecule has 4 N–H and O–H groups in total. The third-order valence-electron chi connectivity index (χ3n) is 2.25. The highest BCUT2D eigenvalue weighted by Crippen LogP contribution is 2.49. The minimum Gasteiger partial charge on any atom is -0.370 e. The van der Waals surface area contributed by atoms with Gasteiger partial charge in [-0.3, -0.25) is 4.79 Å². The van der Waals surface area contributed by atoms with Crippen LogP contribution in [0, 0.1) is 0 Å². The zero-order chi connectivity index (χ0) is 8.48. The van der Waals surface area contributed by atoms with E-state index < -0.39 is 0 Å². The van der Waals surface area contributed by atoms with Crippen molar-refractivity contribution in [2.24, 2.45) is 11.5 Å². The number of rotatable bonds is 4. The molecule has 1 saturated carbocycles. The van der Waals surface area contributed by atoms with Crippen molar-refractivity contribution in [1.29, 1.82) is 0 Å². The number of hydrogen-bond acceptors (Lipinski definition) is 3. The highest BCUT2D eigenvalue weighted by molar-refractivity contribution is 8.00. The van der Waals surface area contributed by atoms with Crippen LogP contribution in [0.25, 0.3) is 0 Å². The van der Waals surface area contributed by atoms with Gasteiger partial charge in [0.2, 0.25) is 5.91 Å². The molecule has 1 aliphatic carbocycles. The van der Waals surface area contributed by atoms with Crippen LogP contribution in [-0.4, -0.2) is 23.0 Å². The molecule has 1 aliphatic rings. The lowest BCUT2D eigenvalue weighted by Gasteiger charge is -2.19. The van der Waals surface area contributed by atoms with E-state index in [0.717, 1.165) is 12.8 Å². The Balaban J connectivity index is 2.40. The van der Waals surface area contributed by atoms with Crippen LogP contribution in [0.2, 0.25) is 0 Å². The molecule has 1 atom stereocenters. The first-order valence-corrected chi connectivity index (χ1v) is 4.92. The molecule has 1 unspecified atom stereocenters. The third kappa shape index (κ3) is 1.87. The van der Waals surface area contributed by atoms with Crippen LogP contribution >= 0.6 is 11.8 Å². The van der Waals surface area contributed by atoms with E-state index in [1.165, 1.54) is 0 Å². The van der Waals surface area contributed by atoms with Crippen LogP contribution in [-0.2, 0) is 4.79 Å². The van der Waals surface area contributed by atoms with Gasteiger partial charge >= 0.3 is 0 Å². The minimum atomic E-state index is -0.294. The topological polar surface area (TPSA) is 69.1 Å². The Morgan fingerprint density at radius 1 is 1.73 bits per heavy atom. The van der Waals surface area contributed by atoms with Crippen molar-refractivity contribution in [2.75, 3.05) is 6.26 Å². The second-order valence-electron chi connectivity index (χ2n) is 3.05. The molecule has 0 aromatic carbocycles. The van der Waals surface area contributed by atoms with Crippen LogP contribution in [0.4, 0.5) is 0 Å². The van der Waals surface area contributed by atoms with Crippen molar-refractivity contribution in [1.82, 2.24) is 0 Å². The lowest BCUT2D eigenvalue weighted by Crippen LogP contribution is -2.37. The molecule has 0 saturated heterocycles. The predicted molar refractivity (Wildman–Crippen MR) is 47.3 cm³/mol. The van der Waals surface area contributed by atoms with Gasteiger partial charge in [0.05, 0.1) is 0 Å². The van der Waals surface area contributed by atoms with Gasteiger partial charge in [0.15, 0.2) is 0 Å². The second kappa shape index (κ2) is 3.03. The van der Waals surface area contributed by atoms with E-state index in [1.54, 1.807) is 11.8 Å². The molecule has 0 radical (unpaired) electrons. The van der Waals surface area contributed by atoms with Gasteiger partial charge in [-0.05, 0) is 19.1 Å². The normalized spacial score (nSPS) is 22.7. The van der Waals surface area contributed by atoms with Crippen LogP contribution in [0.5, 0.6) is 0 Å². The Morgan fingerprint density at radius 2 is 2.27 bits per heavy atom. The smallest absolute Gasteiger partial charge is 0.219 e. The van der Waals surface area contributed by atoms with Crippen molar-refractivity contribution >= 4 is 17.7 Å². The Bertz CT molecular complexity index is 168. The first-order valence-electron chi connectivity index (χ1n) is 3.70. The molecule has 1 fully saturated rings. The van der Waals surface area contributed by atoms with Gasteiger partial charge in [0, 0.05) is 17.2 Å². The summed E-state index contributed by atoms with van der Waals surface area (Å²) in [6, 6.07) is -0.0463. The van der Waals surface area contributed by atoms with E-state index in [2.05, 4.69) is 0 Å². The molecule has 0 spiro atoms. The SMILES string of the molecule is CSC1(C(N)CC(N)=O)CC1. The van der Waals surface area contributed by atoms with E-state index >= 15 is 0 Å². The summed E-state index contributed by atoms with van der Waals surface area (Å²) in [6.07, 6.45) is 4.61. The van der Waals surface area contributed by atoms with Crippen LogP contribution in [0.15, 0.2) is 0 Å². The lowest BCUT2D eigenvalue weighted by molar-refractivity contribution is -0.118. The van der Waals surface area contributed by atoms with Crippen LogP contribution in [0.1, 0.15) is 19.3 Å². The van der Waals surface area contributed by atoms with Gasteiger partial charge < -0.3 is 11.5 Å². The molecule has 4 heteroatoms. The van der Waals surface area contributed by atoms with E-state index in [1.807, 2.05) is 6.26 Å². The lowest BCUT2D eigenvalue weighted by atomic mass is 10.1. The first-order chi connectivity index (χ1) is 5.10. The van der Waals surface area contributed by atoms with E-state index in [-0.39, 0.29) is 16.7 Å². The average Bonchev–Trinajstić information content (AvgIpc) is 2.65. The number of primary amides is 1. The van der Waals surface area contributed by atoms with Crippen molar-refractivity contribution < 1.29 is 4.79 Å². The molecule has 0 heterocycles. The van der Waals surface area contributed by atoms with E-state index in [0.29, 0.717) is 6.42 Å². The number of thioether (sulfide) groups is 1. The summed E-state index contributed by atoms with van der Waals surface area (Å²) in [5.41, 5.74) is 10.8. The standard InChI is InChI=1S/C7H14N2OS/c1-11-7(2-3-7)5(8)4-6(9)10/h5H,2-4,8H2,1H3,(H2,9,10). The van der Waals surface area contributed by atoms with Gasteiger partial charge in [-0.15, -0.1) is 0 Å². The Labute approximate surface area is 70.9 Å². The molecule has 0 aromatic rings. The van der Waals surface area contributed by atoms with Crippen molar-refractivity contribution in [3.8, 4) is 0 Å². The fourth-order valence-corrected chi connectivity index (χ4v) is 2.15. The summed E-state index contributed by atoms with van der Waals surface area (Å²) in [6.45, 7) is 0. The molecule has 0 aliphatic heterocycles. The summed E-state index contributed by atoms with van der Waals surface area (Å²) < 4.78 is 0.176. The predicted octanol–water partition coefficient (Wildman–Crippen LogP) is 0.0847. The maximum absolute atomic E-state index is 10.5. The number of carbonyl (C=O) groups is 1. The number of hydrogen-bond donors (Lipinski definition) is 2. The molecule has 0 aromatic heterocycles. The maximum Gasteiger partial charge on any atom is 0.219 e. The van der Waals surface area contributed by atoms with Crippen LogP contribution in [0.3, 0.4) is 0 Å².